The smallest absolute Gasteiger partial charge is 0.160 e. The zero-order chi connectivity index (χ0) is 20.0. The Bertz CT molecular complexity index is 1020. The first-order valence-electron chi connectivity index (χ1n) is 10.3. The molecule has 5 heterocycles. The van der Waals surface area contributed by atoms with Crippen molar-refractivity contribution in [3.63, 3.8) is 0 Å². The predicted octanol–water partition coefficient (Wildman–Crippen LogP) is 5.12. The van der Waals surface area contributed by atoms with E-state index >= 15 is 0 Å². The molecule has 0 spiro atoms. The SMILES string of the molecule is CC[C@@H]1CSC2=N[C@@H](c3ccccn3)[C@H](c3cc(C)n(Cc4ccco4)c3C)N21. The minimum atomic E-state index is 0.0330. The highest BCUT2D eigenvalue weighted by atomic mass is 32.2. The molecule has 1 saturated heterocycles. The molecule has 6 heteroatoms. The van der Waals surface area contributed by atoms with Crippen LogP contribution >= 0.6 is 11.8 Å². The Labute approximate surface area is 175 Å². The molecule has 0 aliphatic carbocycles. The van der Waals surface area contributed by atoms with Crippen molar-refractivity contribution in [3.8, 4) is 0 Å². The number of fused-ring (bicyclic) bond motifs is 1. The Morgan fingerprint density at radius 3 is 2.83 bits per heavy atom. The maximum atomic E-state index is 5.61. The Morgan fingerprint density at radius 1 is 1.21 bits per heavy atom. The third-order valence-electron chi connectivity index (χ3n) is 6.15. The van der Waals surface area contributed by atoms with Gasteiger partial charge in [0.25, 0.3) is 0 Å². The van der Waals surface area contributed by atoms with Crippen LogP contribution in [0.4, 0.5) is 0 Å². The van der Waals surface area contributed by atoms with Crippen molar-refractivity contribution in [2.24, 2.45) is 4.99 Å². The first kappa shape index (κ1) is 18.6. The van der Waals surface area contributed by atoms with Gasteiger partial charge in [-0.15, -0.1) is 0 Å². The van der Waals surface area contributed by atoms with Gasteiger partial charge < -0.3 is 13.9 Å². The second kappa shape index (κ2) is 7.41. The molecule has 3 aromatic rings. The lowest BCUT2D eigenvalue weighted by Crippen LogP contribution is -2.35. The summed E-state index contributed by atoms with van der Waals surface area (Å²) in [6.45, 7) is 7.44. The Hall–Kier alpha value is -2.47. The number of rotatable bonds is 5. The second-order valence-corrected chi connectivity index (χ2v) is 8.82. The Balaban J connectivity index is 1.58. The van der Waals surface area contributed by atoms with E-state index in [1.165, 1.54) is 22.1 Å². The van der Waals surface area contributed by atoms with Gasteiger partial charge in [-0.2, -0.15) is 0 Å². The maximum absolute atomic E-state index is 5.61. The van der Waals surface area contributed by atoms with E-state index in [0.29, 0.717) is 6.04 Å². The van der Waals surface area contributed by atoms with Gasteiger partial charge in [-0.1, -0.05) is 24.8 Å². The monoisotopic (exact) mass is 406 g/mol. The third kappa shape index (κ3) is 3.10. The van der Waals surface area contributed by atoms with Gasteiger partial charge >= 0.3 is 0 Å². The lowest BCUT2D eigenvalue weighted by atomic mass is 9.95. The summed E-state index contributed by atoms with van der Waals surface area (Å²) in [5.41, 5.74) is 4.94. The molecule has 1 fully saturated rings. The predicted molar refractivity (Wildman–Crippen MR) is 117 cm³/mol. The van der Waals surface area contributed by atoms with E-state index < -0.39 is 0 Å². The van der Waals surface area contributed by atoms with Gasteiger partial charge in [0.2, 0.25) is 0 Å². The van der Waals surface area contributed by atoms with Crippen LogP contribution in [0.5, 0.6) is 0 Å². The van der Waals surface area contributed by atoms with Crippen LogP contribution in [-0.4, -0.2) is 31.4 Å². The zero-order valence-electron chi connectivity index (χ0n) is 17.1. The zero-order valence-corrected chi connectivity index (χ0v) is 17.9. The molecule has 0 N–H and O–H groups in total. The number of aliphatic imine (C=N–C) groups is 1. The van der Waals surface area contributed by atoms with E-state index in [-0.39, 0.29) is 12.1 Å². The number of aryl methyl sites for hydroxylation is 1. The van der Waals surface area contributed by atoms with Crippen molar-refractivity contribution >= 4 is 16.9 Å². The van der Waals surface area contributed by atoms with Gasteiger partial charge in [-0.3, -0.25) is 9.98 Å². The van der Waals surface area contributed by atoms with Crippen LogP contribution in [0, 0.1) is 13.8 Å². The largest absolute Gasteiger partial charge is 0.467 e. The van der Waals surface area contributed by atoms with Gasteiger partial charge in [0.05, 0.1) is 24.5 Å². The van der Waals surface area contributed by atoms with E-state index in [2.05, 4.69) is 53.4 Å². The topological polar surface area (TPSA) is 46.6 Å². The van der Waals surface area contributed by atoms with E-state index in [0.717, 1.165) is 30.2 Å². The lowest BCUT2D eigenvalue weighted by Gasteiger charge is -2.32. The Morgan fingerprint density at radius 2 is 2.10 bits per heavy atom. The fourth-order valence-corrected chi connectivity index (χ4v) is 5.95. The molecule has 150 valence electrons. The molecule has 29 heavy (non-hydrogen) atoms. The molecule has 0 aromatic carbocycles. The van der Waals surface area contributed by atoms with Crippen molar-refractivity contribution in [2.45, 2.75) is 51.9 Å². The summed E-state index contributed by atoms with van der Waals surface area (Å²) in [4.78, 5) is 12.4. The maximum Gasteiger partial charge on any atom is 0.160 e. The number of thioether (sulfide) groups is 1. The van der Waals surface area contributed by atoms with E-state index in [1.54, 1.807) is 6.26 Å². The van der Waals surface area contributed by atoms with E-state index in [9.17, 15) is 0 Å². The standard InChI is InChI=1S/C23H26N4OS/c1-4-17-14-29-23-25-21(20-9-5-6-10-24-20)22(27(17)23)19-12-15(2)26(16(19)3)13-18-8-7-11-28-18/h5-12,17,21-22H,4,13-14H2,1-3H3/t17-,21+,22+/m1/s1. The summed E-state index contributed by atoms with van der Waals surface area (Å²) in [6, 6.07) is 13.2. The molecule has 2 aliphatic heterocycles. The number of hydrogen-bond donors (Lipinski definition) is 0. The molecule has 0 unspecified atom stereocenters. The average molecular weight is 407 g/mol. The average Bonchev–Trinajstić information content (AvgIpc) is 3.50. The van der Waals surface area contributed by atoms with Gasteiger partial charge in [0, 0.05) is 29.4 Å². The second-order valence-electron chi connectivity index (χ2n) is 7.83. The number of nitrogens with zero attached hydrogens (tertiary/aromatic N) is 4. The normalized spacial score (nSPS) is 23.5. The van der Waals surface area contributed by atoms with Crippen molar-refractivity contribution in [1.82, 2.24) is 14.5 Å². The first-order valence-corrected chi connectivity index (χ1v) is 11.2. The van der Waals surface area contributed by atoms with Gasteiger partial charge in [-0.25, -0.2) is 0 Å². The highest BCUT2D eigenvalue weighted by Crippen LogP contribution is 2.49. The summed E-state index contributed by atoms with van der Waals surface area (Å²) < 4.78 is 7.96. The molecular formula is C23H26N4OS. The first-order chi connectivity index (χ1) is 14.2. The quantitative estimate of drug-likeness (QED) is 0.590. The van der Waals surface area contributed by atoms with Crippen LogP contribution in [0.1, 0.15) is 53.8 Å². The van der Waals surface area contributed by atoms with Crippen LogP contribution in [0.3, 0.4) is 0 Å². The van der Waals surface area contributed by atoms with Crippen molar-refractivity contribution < 1.29 is 4.42 Å². The molecule has 0 saturated carbocycles. The summed E-state index contributed by atoms with van der Waals surface area (Å²) >= 11 is 1.89. The summed E-state index contributed by atoms with van der Waals surface area (Å²) in [5, 5.41) is 1.17. The fourth-order valence-electron chi connectivity index (χ4n) is 4.62. The molecule has 5 rings (SSSR count). The Kier molecular flexibility index (Phi) is 4.74. The number of pyridine rings is 1. The van der Waals surface area contributed by atoms with Crippen molar-refractivity contribution in [1.29, 1.82) is 0 Å². The summed E-state index contributed by atoms with van der Waals surface area (Å²) in [5.74, 6) is 2.09. The van der Waals surface area contributed by atoms with Gasteiger partial charge in [-0.05, 0) is 56.2 Å². The summed E-state index contributed by atoms with van der Waals surface area (Å²) in [6.07, 6.45) is 4.75. The molecule has 2 aliphatic rings. The minimum absolute atomic E-state index is 0.0330. The van der Waals surface area contributed by atoms with E-state index in [1.807, 2.05) is 36.2 Å². The molecule has 3 atom stereocenters. The van der Waals surface area contributed by atoms with Crippen molar-refractivity contribution in [2.75, 3.05) is 5.75 Å². The number of hydrogen-bond acceptors (Lipinski definition) is 5. The van der Waals surface area contributed by atoms with Crippen LogP contribution in [0.15, 0.2) is 58.3 Å². The molecule has 0 radical (unpaired) electrons. The number of furan rings is 1. The van der Waals surface area contributed by atoms with Crippen LogP contribution < -0.4 is 0 Å². The molecule has 0 amide bonds. The minimum Gasteiger partial charge on any atom is -0.467 e. The molecular weight excluding hydrogens is 380 g/mol. The van der Waals surface area contributed by atoms with Gasteiger partial charge in [0.1, 0.15) is 11.8 Å². The highest BCUT2D eigenvalue weighted by Gasteiger charge is 2.46. The number of amidine groups is 1. The lowest BCUT2D eigenvalue weighted by molar-refractivity contribution is 0.254. The fraction of sp³-hybridized carbons (Fsp3) is 0.391. The van der Waals surface area contributed by atoms with Crippen molar-refractivity contribution in [3.05, 3.63) is 77.3 Å². The van der Waals surface area contributed by atoms with Crippen LogP contribution in [-0.2, 0) is 6.54 Å². The van der Waals surface area contributed by atoms with Crippen LogP contribution in [0.2, 0.25) is 0 Å². The molecule has 0 bridgehead atoms. The molecule has 5 nitrogen and oxygen atoms in total. The van der Waals surface area contributed by atoms with Gasteiger partial charge in [0.15, 0.2) is 5.17 Å². The number of aromatic nitrogens is 2. The molecule has 3 aromatic heterocycles. The highest BCUT2D eigenvalue weighted by molar-refractivity contribution is 8.14. The summed E-state index contributed by atoms with van der Waals surface area (Å²) in [7, 11) is 0. The van der Waals surface area contributed by atoms with Crippen LogP contribution in [0.25, 0.3) is 0 Å². The van der Waals surface area contributed by atoms with E-state index in [4.69, 9.17) is 9.41 Å². The third-order valence-corrected chi connectivity index (χ3v) is 7.28.